The zero-order chi connectivity index (χ0) is 15.5. The summed E-state index contributed by atoms with van der Waals surface area (Å²) in [5, 5.41) is 3.98. The van der Waals surface area contributed by atoms with E-state index >= 15 is 0 Å². The molecule has 0 amide bonds. The van der Waals surface area contributed by atoms with Gasteiger partial charge in [-0.15, -0.1) is 0 Å². The lowest BCUT2D eigenvalue weighted by Crippen LogP contribution is -2.13. The number of halogens is 2. The maximum Gasteiger partial charge on any atom is 0.271 e. The molecule has 0 fully saturated rings. The number of hydrogen-bond acceptors (Lipinski definition) is 2. The number of aromatic amines is 1. The van der Waals surface area contributed by atoms with Gasteiger partial charge in [0.25, 0.3) is 5.56 Å². The summed E-state index contributed by atoms with van der Waals surface area (Å²) in [6.45, 7) is 0.205. The molecular weight excluding hydrogens is 323 g/mol. The fourth-order valence-corrected chi connectivity index (χ4v) is 2.50. The third kappa shape index (κ3) is 3.18. The standard InChI is InChI=1S/C16H12Cl2N2O2/c17-11-6-7-15(14(18)8-11)22-10-12-9-16(21)20(19-12)13-4-2-1-3-5-13/h1-9,19H,10H2. The Morgan fingerprint density at radius 2 is 1.82 bits per heavy atom. The molecule has 4 nitrogen and oxygen atoms in total. The average molecular weight is 335 g/mol. The van der Waals surface area contributed by atoms with Gasteiger partial charge in [0.05, 0.1) is 16.4 Å². The van der Waals surface area contributed by atoms with Crippen LogP contribution < -0.4 is 10.3 Å². The highest BCUT2D eigenvalue weighted by molar-refractivity contribution is 6.35. The van der Waals surface area contributed by atoms with Crippen LogP contribution in [0.15, 0.2) is 59.4 Å². The Labute approximate surface area is 136 Å². The highest BCUT2D eigenvalue weighted by Gasteiger charge is 2.07. The number of aromatic nitrogens is 2. The molecule has 3 aromatic rings. The van der Waals surface area contributed by atoms with E-state index in [1.807, 2.05) is 30.3 Å². The Kier molecular flexibility index (Phi) is 4.22. The lowest BCUT2D eigenvalue weighted by molar-refractivity contribution is 0.300. The molecule has 3 rings (SSSR count). The smallest absolute Gasteiger partial charge is 0.271 e. The maximum atomic E-state index is 12.0. The molecule has 0 saturated carbocycles. The predicted molar refractivity (Wildman–Crippen MR) is 87.2 cm³/mol. The second-order valence-corrected chi connectivity index (χ2v) is 5.50. The van der Waals surface area contributed by atoms with Crippen LogP contribution >= 0.6 is 23.2 Å². The predicted octanol–water partition coefficient (Wildman–Crippen LogP) is 4.05. The lowest BCUT2D eigenvalue weighted by Gasteiger charge is -2.07. The number of hydrogen-bond donors (Lipinski definition) is 1. The van der Waals surface area contributed by atoms with Crippen molar-refractivity contribution in [1.29, 1.82) is 0 Å². The molecule has 1 N–H and O–H groups in total. The van der Waals surface area contributed by atoms with Gasteiger partial charge in [-0.2, -0.15) is 0 Å². The molecule has 0 unspecified atom stereocenters. The van der Waals surface area contributed by atoms with Gasteiger partial charge in [-0.25, -0.2) is 4.68 Å². The van der Waals surface area contributed by atoms with E-state index in [0.717, 1.165) is 5.69 Å². The van der Waals surface area contributed by atoms with E-state index in [1.54, 1.807) is 18.2 Å². The SMILES string of the molecule is O=c1cc(COc2ccc(Cl)cc2Cl)[nH]n1-c1ccccc1. The first kappa shape index (κ1) is 14.8. The molecule has 0 radical (unpaired) electrons. The Morgan fingerprint density at radius 1 is 1.05 bits per heavy atom. The molecule has 0 spiro atoms. The normalized spacial score (nSPS) is 10.6. The second-order valence-electron chi connectivity index (χ2n) is 4.65. The van der Waals surface area contributed by atoms with Crippen LogP contribution in [0.25, 0.3) is 5.69 Å². The van der Waals surface area contributed by atoms with E-state index in [9.17, 15) is 4.79 Å². The van der Waals surface area contributed by atoms with Crippen LogP contribution in [-0.4, -0.2) is 9.78 Å². The van der Waals surface area contributed by atoms with Gasteiger partial charge in [0.1, 0.15) is 12.4 Å². The third-order valence-electron chi connectivity index (χ3n) is 3.06. The number of rotatable bonds is 4. The van der Waals surface area contributed by atoms with E-state index in [1.165, 1.54) is 10.7 Å². The Bertz CT molecular complexity index is 841. The van der Waals surface area contributed by atoms with Gasteiger partial charge in [0.2, 0.25) is 0 Å². The van der Waals surface area contributed by atoms with Gasteiger partial charge in [-0.1, -0.05) is 41.4 Å². The zero-order valence-corrected chi connectivity index (χ0v) is 12.9. The number of nitrogens with zero attached hydrogens (tertiary/aromatic N) is 1. The zero-order valence-electron chi connectivity index (χ0n) is 11.4. The summed E-state index contributed by atoms with van der Waals surface area (Å²) in [7, 11) is 0. The van der Waals surface area contributed by atoms with Crippen molar-refractivity contribution in [2.75, 3.05) is 0 Å². The molecule has 0 aliphatic heterocycles. The average Bonchev–Trinajstić information content (AvgIpc) is 2.88. The first-order valence-corrected chi connectivity index (χ1v) is 7.33. The van der Waals surface area contributed by atoms with Crippen molar-refractivity contribution >= 4 is 23.2 Å². The molecule has 0 aliphatic carbocycles. The largest absolute Gasteiger partial charge is 0.486 e. The van der Waals surface area contributed by atoms with Crippen molar-refractivity contribution in [1.82, 2.24) is 9.78 Å². The molecule has 2 aromatic carbocycles. The summed E-state index contributed by atoms with van der Waals surface area (Å²) in [5.74, 6) is 0.513. The van der Waals surface area contributed by atoms with Crippen molar-refractivity contribution in [2.24, 2.45) is 0 Å². The molecule has 6 heteroatoms. The molecule has 1 aromatic heterocycles. The molecule has 22 heavy (non-hydrogen) atoms. The van der Waals surface area contributed by atoms with Crippen LogP contribution in [-0.2, 0) is 6.61 Å². The summed E-state index contributed by atoms with van der Waals surface area (Å²) < 4.78 is 7.07. The van der Waals surface area contributed by atoms with E-state index < -0.39 is 0 Å². The van der Waals surface area contributed by atoms with Gasteiger partial charge < -0.3 is 4.74 Å². The first-order chi connectivity index (χ1) is 10.6. The summed E-state index contributed by atoms with van der Waals surface area (Å²) in [4.78, 5) is 12.0. The quantitative estimate of drug-likeness (QED) is 0.782. The van der Waals surface area contributed by atoms with E-state index in [-0.39, 0.29) is 12.2 Å². The molecule has 112 valence electrons. The fraction of sp³-hybridized carbons (Fsp3) is 0.0625. The molecule has 0 aliphatic rings. The first-order valence-electron chi connectivity index (χ1n) is 6.58. The van der Waals surface area contributed by atoms with Gasteiger partial charge in [-0.05, 0) is 30.3 Å². The van der Waals surface area contributed by atoms with E-state index in [0.29, 0.717) is 21.5 Å². The maximum absolute atomic E-state index is 12.0. The number of benzene rings is 2. The minimum atomic E-state index is -0.146. The molecule has 1 heterocycles. The highest BCUT2D eigenvalue weighted by Crippen LogP contribution is 2.27. The number of ether oxygens (including phenoxy) is 1. The highest BCUT2D eigenvalue weighted by atomic mass is 35.5. The van der Waals surface area contributed by atoms with E-state index in [4.69, 9.17) is 27.9 Å². The number of H-pyrrole nitrogens is 1. The third-order valence-corrected chi connectivity index (χ3v) is 3.60. The van der Waals surface area contributed by atoms with Crippen molar-refractivity contribution in [3.8, 4) is 11.4 Å². The summed E-state index contributed by atoms with van der Waals surface area (Å²) in [5.41, 5.74) is 1.27. The van der Waals surface area contributed by atoms with Crippen LogP contribution in [0, 0.1) is 0 Å². The molecule has 0 atom stereocenters. The topological polar surface area (TPSA) is 47.0 Å². The van der Waals surface area contributed by atoms with Crippen molar-refractivity contribution < 1.29 is 4.74 Å². The minimum absolute atomic E-state index is 0.146. The number of nitrogens with one attached hydrogen (secondary N) is 1. The monoisotopic (exact) mass is 334 g/mol. The van der Waals surface area contributed by atoms with Gasteiger partial charge in [-0.3, -0.25) is 9.89 Å². The second kappa shape index (κ2) is 6.30. The summed E-state index contributed by atoms with van der Waals surface area (Å²) >= 11 is 11.9. The van der Waals surface area contributed by atoms with Crippen LogP contribution in [0.1, 0.15) is 5.69 Å². The van der Waals surface area contributed by atoms with Gasteiger partial charge in [0, 0.05) is 11.1 Å². The Balaban J connectivity index is 1.78. The van der Waals surface area contributed by atoms with Crippen molar-refractivity contribution in [3.05, 3.63) is 80.7 Å². The molecular formula is C16H12Cl2N2O2. The van der Waals surface area contributed by atoms with Crippen LogP contribution in [0.3, 0.4) is 0 Å². The Hall–Kier alpha value is -2.17. The van der Waals surface area contributed by atoms with E-state index in [2.05, 4.69) is 5.10 Å². The number of para-hydroxylation sites is 1. The summed E-state index contributed by atoms with van der Waals surface area (Å²) in [6.07, 6.45) is 0. The molecule has 0 saturated heterocycles. The van der Waals surface area contributed by atoms with Gasteiger partial charge >= 0.3 is 0 Å². The van der Waals surface area contributed by atoms with Crippen molar-refractivity contribution in [3.63, 3.8) is 0 Å². The Morgan fingerprint density at radius 3 is 2.55 bits per heavy atom. The van der Waals surface area contributed by atoms with Crippen LogP contribution in [0.5, 0.6) is 5.75 Å². The lowest BCUT2D eigenvalue weighted by atomic mass is 10.3. The van der Waals surface area contributed by atoms with Gasteiger partial charge in [0.15, 0.2) is 0 Å². The minimum Gasteiger partial charge on any atom is -0.486 e. The van der Waals surface area contributed by atoms with Crippen LogP contribution in [0.4, 0.5) is 0 Å². The fourth-order valence-electron chi connectivity index (χ4n) is 2.04. The van der Waals surface area contributed by atoms with Crippen molar-refractivity contribution in [2.45, 2.75) is 6.61 Å². The molecule has 0 bridgehead atoms. The summed E-state index contributed by atoms with van der Waals surface area (Å²) in [6, 6.07) is 15.8. The van der Waals surface area contributed by atoms with Crippen LogP contribution in [0.2, 0.25) is 10.0 Å².